The molecule has 0 amide bonds. The molecule has 0 bridgehead atoms. The minimum Gasteiger partial charge on any atom is -0.508 e. The summed E-state index contributed by atoms with van der Waals surface area (Å²) < 4.78 is 0. The summed E-state index contributed by atoms with van der Waals surface area (Å²) in [6.07, 6.45) is 6.50. The van der Waals surface area contributed by atoms with E-state index in [1.165, 1.54) is 18.2 Å². The highest BCUT2D eigenvalue weighted by molar-refractivity contribution is 5.43. The van der Waals surface area contributed by atoms with Gasteiger partial charge in [0.25, 0.3) is 5.69 Å². The van der Waals surface area contributed by atoms with Crippen LogP contribution in [0.4, 0.5) is 5.69 Å². The molecule has 1 aromatic rings. The number of benzene rings is 1. The first-order valence-electron chi connectivity index (χ1n) is 5.26. The number of unbranched alkanes of at least 4 members (excludes halogenated alkanes) is 1. The zero-order valence-electron chi connectivity index (χ0n) is 9.22. The summed E-state index contributed by atoms with van der Waals surface area (Å²) in [5.74, 6) is 0.103. The van der Waals surface area contributed by atoms with Crippen molar-refractivity contribution in [3.05, 3.63) is 46.0 Å². The lowest BCUT2D eigenvalue weighted by Crippen LogP contribution is -1.90. The van der Waals surface area contributed by atoms with Crippen LogP contribution in [0.25, 0.3) is 0 Å². The van der Waals surface area contributed by atoms with Gasteiger partial charge < -0.3 is 5.11 Å². The zero-order valence-corrected chi connectivity index (χ0v) is 9.22. The van der Waals surface area contributed by atoms with E-state index in [-0.39, 0.29) is 11.4 Å². The van der Waals surface area contributed by atoms with E-state index in [9.17, 15) is 15.2 Å². The van der Waals surface area contributed by atoms with Crippen LogP contribution in [0.5, 0.6) is 5.75 Å². The first kappa shape index (κ1) is 12.2. The van der Waals surface area contributed by atoms with Gasteiger partial charge in [-0.25, -0.2) is 0 Å². The molecule has 4 heteroatoms. The second-order valence-electron chi connectivity index (χ2n) is 3.53. The summed E-state index contributed by atoms with van der Waals surface area (Å²) in [4.78, 5) is 10.1. The van der Waals surface area contributed by atoms with Crippen molar-refractivity contribution in [3.8, 4) is 5.75 Å². The van der Waals surface area contributed by atoms with Gasteiger partial charge in [-0.05, 0) is 18.9 Å². The smallest absolute Gasteiger partial charge is 0.269 e. The van der Waals surface area contributed by atoms with Gasteiger partial charge in [-0.15, -0.1) is 0 Å². The largest absolute Gasteiger partial charge is 0.508 e. The molecular weight excluding hydrogens is 206 g/mol. The molecule has 0 radical (unpaired) electrons. The van der Waals surface area contributed by atoms with Gasteiger partial charge in [0.05, 0.1) is 4.92 Å². The molecule has 0 heterocycles. The predicted octanol–water partition coefficient (Wildman–Crippen LogP) is 3.20. The Morgan fingerprint density at radius 2 is 2.19 bits per heavy atom. The third-order valence-electron chi connectivity index (χ3n) is 2.23. The number of phenols is 1. The molecule has 86 valence electrons. The molecule has 0 atom stereocenters. The molecule has 0 aliphatic carbocycles. The highest BCUT2D eigenvalue weighted by Crippen LogP contribution is 2.23. The van der Waals surface area contributed by atoms with Crippen molar-refractivity contribution < 1.29 is 10.0 Å². The number of nitrogens with zero attached hydrogens (tertiary/aromatic N) is 1. The highest BCUT2D eigenvalue weighted by atomic mass is 16.6. The second-order valence-corrected chi connectivity index (χ2v) is 3.53. The number of phenolic OH excluding ortho intramolecular Hbond substituents is 1. The number of rotatable bonds is 5. The Bertz CT molecular complexity index is 399. The van der Waals surface area contributed by atoms with Crippen LogP contribution in [-0.2, 0) is 6.42 Å². The second kappa shape index (κ2) is 5.90. The van der Waals surface area contributed by atoms with Gasteiger partial charge in [-0.1, -0.05) is 25.5 Å². The van der Waals surface area contributed by atoms with Gasteiger partial charge in [0.2, 0.25) is 0 Å². The van der Waals surface area contributed by atoms with Gasteiger partial charge in [0, 0.05) is 17.7 Å². The van der Waals surface area contributed by atoms with E-state index in [1.807, 2.05) is 12.2 Å². The summed E-state index contributed by atoms with van der Waals surface area (Å²) in [5.41, 5.74) is 0.596. The number of hydrogen-bond donors (Lipinski definition) is 1. The fourth-order valence-electron chi connectivity index (χ4n) is 1.34. The van der Waals surface area contributed by atoms with Gasteiger partial charge in [0.15, 0.2) is 0 Å². The lowest BCUT2D eigenvalue weighted by atomic mass is 10.1. The monoisotopic (exact) mass is 221 g/mol. The maximum atomic E-state index is 10.5. The molecule has 0 spiro atoms. The molecule has 16 heavy (non-hydrogen) atoms. The Labute approximate surface area is 94.4 Å². The number of aromatic hydroxyl groups is 1. The number of allylic oxidation sites excluding steroid dienone is 2. The summed E-state index contributed by atoms with van der Waals surface area (Å²) in [5, 5.41) is 20.1. The molecule has 0 aliphatic heterocycles. The highest BCUT2D eigenvalue weighted by Gasteiger charge is 2.08. The van der Waals surface area contributed by atoms with Crippen LogP contribution < -0.4 is 0 Å². The maximum Gasteiger partial charge on any atom is 0.269 e. The van der Waals surface area contributed by atoms with E-state index in [1.54, 1.807) is 0 Å². The number of non-ortho nitro benzene ring substituents is 1. The molecule has 0 fully saturated rings. The van der Waals surface area contributed by atoms with Crippen molar-refractivity contribution >= 4 is 5.69 Å². The van der Waals surface area contributed by atoms with Crippen LogP contribution in [-0.4, -0.2) is 10.0 Å². The van der Waals surface area contributed by atoms with Crippen molar-refractivity contribution in [1.82, 2.24) is 0 Å². The molecule has 1 aromatic carbocycles. The molecule has 1 rings (SSSR count). The average molecular weight is 221 g/mol. The molecule has 1 N–H and O–H groups in total. The molecule has 4 nitrogen and oxygen atoms in total. The third-order valence-corrected chi connectivity index (χ3v) is 2.23. The Kier molecular flexibility index (Phi) is 4.51. The molecule has 0 saturated heterocycles. The summed E-state index contributed by atoms with van der Waals surface area (Å²) in [6.45, 7) is 2.08. The maximum absolute atomic E-state index is 10.5. The van der Waals surface area contributed by atoms with Crippen LogP contribution >= 0.6 is 0 Å². The van der Waals surface area contributed by atoms with Gasteiger partial charge in [-0.3, -0.25) is 10.1 Å². The van der Waals surface area contributed by atoms with Gasteiger partial charge in [0.1, 0.15) is 5.75 Å². The minimum atomic E-state index is -0.460. The number of nitro benzene ring substituents is 1. The SMILES string of the molecule is CCC/C=C/Cc1cc([N+](=O)[O-])ccc1O. The van der Waals surface area contributed by atoms with E-state index in [4.69, 9.17) is 0 Å². The number of nitro groups is 1. The Morgan fingerprint density at radius 1 is 1.44 bits per heavy atom. The van der Waals surface area contributed by atoms with E-state index in [2.05, 4.69) is 6.92 Å². The van der Waals surface area contributed by atoms with Gasteiger partial charge >= 0.3 is 0 Å². The summed E-state index contributed by atoms with van der Waals surface area (Å²) >= 11 is 0. The topological polar surface area (TPSA) is 63.4 Å². The van der Waals surface area contributed by atoms with Crippen LogP contribution in [0.2, 0.25) is 0 Å². The predicted molar refractivity (Wildman–Crippen MR) is 62.5 cm³/mol. The van der Waals surface area contributed by atoms with E-state index in [0.717, 1.165) is 12.8 Å². The lowest BCUT2D eigenvalue weighted by molar-refractivity contribution is -0.384. The Balaban J connectivity index is 2.78. The van der Waals surface area contributed by atoms with Crippen LogP contribution in [0.1, 0.15) is 25.3 Å². The van der Waals surface area contributed by atoms with Crippen molar-refractivity contribution in [1.29, 1.82) is 0 Å². The standard InChI is InChI=1S/C12H15NO3/c1-2-3-4-5-6-10-9-11(13(15)16)7-8-12(10)14/h4-5,7-9,14H,2-3,6H2,1H3/b5-4+. The molecule has 0 saturated carbocycles. The Hall–Kier alpha value is -1.84. The average Bonchev–Trinajstić information content (AvgIpc) is 2.26. The van der Waals surface area contributed by atoms with Crippen molar-refractivity contribution in [2.45, 2.75) is 26.2 Å². The Morgan fingerprint density at radius 3 is 2.81 bits per heavy atom. The first-order valence-corrected chi connectivity index (χ1v) is 5.26. The summed E-state index contributed by atoms with van der Waals surface area (Å²) in [6, 6.07) is 4.07. The van der Waals surface area contributed by atoms with Crippen molar-refractivity contribution in [2.75, 3.05) is 0 Å². The van der Waals surface area contributed by atoms with Crippen molar-refractivity contribution in [2.24, 2.45) is 0 Å². The molecule has 0 aromatic heterocycles. The first-order chi connectivity index (χ1) is 7.65. The zero-order chi connectivity index (χ0) is 12.0. The quantitative estimate of drug-likeness (QED) is 0.471. The third kappa shape index (κ3) is 3.38. The van der Waals surface area contributed by atoms with Gasteiger partial charge in [-0.2, -0.15) is 0 Å². The lowest BCUT2D eigenvalue weighted by Gasteiger charge is -2.00. The van der Waals surface area contributed by atoms with Crippen LogP contribution in [0.3, 0.4) is 0 Å². The molecular formula is C12H15NO3. The fourth-order valence-corrected chi connectivity index (χ4v) is 1.34. The van der Waals surface area contributed by atoms with Crippen LogP contribution in [0.15, 0.2) is 30.4 Å². The molecule has 0 aliphatic rings. The van der Waals surface area contributed by atoms with Crippen molar-refractivity contribution in [3.63, 3.8) is 0 Å². The van der Waals surface area contributed by atoms with E-state index in [0.29, 0.717) is 12.0 Å². The summed E-state index contributed by atoms with van der Waals surface area (Å²) in [7, 11) is 0. The van der Waals surface area contributed by atoms with E-state index < -0.39 is 4.92 Å². The minimum absolute atomic E-state index is 0.0108. The fraction of sp³-hybridized carbons (Fsp3) is 0.333. The normalized spacial score (nSPS) is 10.8. The van der Waals surface area contributed by atoms with Crippen LogP contribution in [0, 0.1) is 10.1 Å². The molecule has 0 unspecified atom stereocenters. The number of hydrogen-bond acceptors (Lipinski definition) is 3. The van der Waals surface area contributed by atoms with E-state index >= 15 is 0 Å².